The zero-order valence-electron chi connectivity index (χ0n) is 10.9. The SMILES string of the molecule is CC(C(=O)OCCOC(=O)C(C)N1CC1)N1CC1. The first-order chi connectivity index (χ1) is 8.59. The predicted octanol–water partition coefficient (Wildman–Crippen LogP) is -0.519. The van der Waals surface area contributed by atoms with E-state index in [4.69, 9.17) is 9.47 Å². The van der Waals surface area contributed by atoms with E-state index in [0.717, 1.165) is 26.2 Å². The third kappa shape index (κ3) is 3.68. The molecule has 2 atom stereocenters. The second kappa shape index (κ2) is 5.67. The van der Waals surface area contributed by atoms with Crippen molar-refractivity contribution in [3.63, 3.8) is 0 Å². The molecule has 2 unspecified atom stereocenters. The smallest absolute Gasteiger partial charge is 0.323 e. The molecule has 0 radical (unpaired) electrons. The highest BCUT2D eigenvalue weighted by Gasteiger charge is 2.31. The van der Waals surface area contributed by atoms with Crippen LogP contribution in [0.2, 0.25) is 0 Å². The lowest BCUT2D eigenvalue weighted by molar-refractivity contribution is -0.156. The van der Waals surface area contributed by atoms with Crippen LogP contribution in [0.25, 0.3) is 0 Å². The Bertz CT molecular complexity index is 294. The number of hydrogen-bond donors (Lipinski definition) is 0. The summed E-state index contributed by atoms with van der Waals surface area (Å²) in [6.07, 6.45) is 0. The van der Waals surface area contributed by atoms with Gasteiger partial charge in [0, 0.05) is 26.2 Å². The summed E-state index contributed by atoms with van der Waals surface area (Å²) in [4.78, 5) is 27.0. The van der Waals surface area contributed by atoms with Crippen molar-refractivity contribution in [2.75, 3.05) is 39.4 Å². The fourth-order valence-corrected chi connectivity index (χ4v) is 1.71. The Morgan fingerprint density at radius 3 is 1.50 bits per heavy atom. The van der Waals surface area contributed by atoms with Crippen LogP contribution < -0.4 is 0 Å². The fraction of sp³-hybridized carbons (Fsp3) is 0.833. The second-order valence-electron chi connectivity index (χ2n) is 4.76. The summed E-state index contributed by atoms with van der Waals surface area (Å²) in [5.74, 6) is -0.495. The van der Waals surface area contributed by atoms with E-state index >= 15 is 0 Å². The van der Waals surface area contributed by atoms with Gasteiger partial charge in [-0.3, -0.25) is 19.4 Å². The molecule has 2 saturated heterocycles. The van der Waals surface area contributed by atoms with Crippen LogP contribution in [0, 0.1) is 0 Å². The molecule has 0 spiro atoms. The van der Waals surface area contributed by atoms with Gasteiger partial charge in [-0.2, -0.15) is 0 Å². The molecule has 0 amide bonds. The Hall–Kier alpha value is -1.14. The minimum Gasteiger partial charge on any atom is -0.461 e. The summed E-state index contributed by atoms with van der Waals surface area (Å²) in [7, 11) is 0. The van der Waals surface area contributed by atoms with Gasteiger partial charge >= 0.3 is 11.9 Å². The van der Waals surface area contributed by atoms with Crippen molar-refractivity contribution in [1.82, 2.24) is 9.80 Å². The molecule has 0 saturated carbocycles. The molecule has 2 heterocycles. The molecule has 102 valence electrons. The van der Waals surface area contributed by atoms with Crippen molar-refractivity contribution in [3.05, 3.63) is 0 Å². The third-order valence-corrected chi connectivity index (χ3v) is 3.31. The average molecular weight is 256 g/mol. The maximum atomic E-state index is 11.5. The molecular weight excluding hydrogens is 236 g/mol. The maximum absolute atomic E-state index is 11.5. The number of rotatable bonds is 7. The molecule has 0 bridgehead atoms. The molecule has 0 aliphatic carbocycles. The highest BCUT2D eigenvalue weighted by molar-refractivity contribution is 5.76. The zero-order chi connectivity index (χ0) is 13.1. The largest absolute Gasteiger partial charge is 0.461 e. The first-order valence-corrected chi connectivity index (χ1v) is 6.41. The maximum Gasteiger partial charge on any atom is 0.323 e. The second-order valence-corrected chi connectivity index (χ2v) is 4.76. The quantitative estimate of drug-likeness (QED) is 0.347. The van der Waals surface area contributed by atoms with Gasteiger partial charge in [0.15, 0.2) is 0 Å². The summed E-state index contributed by atoms with van der Waals surface area (Å²) in [5.41, 5.74) is 0. The van der Waals surface area contributed by atoms with Crippen molar-refractivity contribution in [3.8, 4) is 0 Å². The third-order valence-electron chi connectivity index (χ3n) is 3.31. The molecule has 6 heteroatoms. The van der Waals surface area contributed by atoms with Crippen LogP contribution in [0.1, 0.15) is 13.8 Å². The minimum atomic E-state index is -0.248. The van der Waals surface area contributed by atoms with E-state index < -0.39 is 0 Å². The summed E-state index contributed by atoms with van der Waals surface area (Å²) in [6.45, 7) is 7.74. The molecule has 2 aliphatic heterocycles. The molecule has 0 aromatic heterocycles. The van der Waals surface area contributed by atoms with E-state index in [9.17, 15) is 9.59 Å². The van der Waals surface area contributed by atoms with E-state index in [-0.39, 0.29) is 37.2 Å². The molecule has 18 heavy (non-hydrogen) atoms. The van der Waals surface area contributed by atoms with E-state index in [1.807, 2.05) is 23.6 Å². The molecule has 2 rings (SSSR count). The van der Waals surface area contributed by atoms with Crippen LogP contribution >= 0.6 is 0 Å². The number of carbonyl (C=O) groups is 2. The van der Waals surface area contributed by atoms with Gasteiger partial charge < -0.3 is 9.47 Å². The molecule has 2 fully saturated rings. The lowest BCUT2D eigenvalue weighted by atomic mass is 10.3. The number of ether oxygens (including phenoxy) is 2. The van der Waals surface area contributed by atoms with Crippen LogP contribution in [0.5, 0.6) is 0 Å². The molecule has 0 aromatic rings. The van der Waals surface area contributed by atoms with Crippen LogP contribution in [0.3, 0.4) is 0 Å². The Labute approximate surface area is 107 Å². The Balaban J connectivity index is 1.54. The van der Waals surface area contributed by atoms with Crippen LogP contribution in [0.15, 0.2) is 0 Å². The van der Waals surface area contributed by atoms with Gasteiger partial charge in [0.05, 0.1) is 0 Å². The van der Waals surface area contributed by atoms with Gasteiger partial charge in [-0.05, 0) is 13.8 Å². The van der Waals surface area contributed by atoms with Gasteiger partial charge in [-0.1, -0.05) is 0 Å². The molecule has 0 aromatic carbocycles. The van der Waals surface area contributed by atoms with E-state index in [2.05, 4.69) is 0 Å². The topological polar surface area (TPSA) is 58.6 Å². The van der Waals surface area contributed by atoms with Crippen LogP contribution in [-0.2, 0) is 19.1 Å². The lowest BCUT2D eigenvalue weighted by Crippen LogP contribution is -2.31. The normalized spacial score (nSPS) is 22.1. The summed E-state index contributed by atoms with van der Waals surface area (Å²) in [5, 5.41) is 0. The number of carbonyl (C=O) groups excluding carboxylic acids is 2. The summed E-state index contributed by atoms with van der Waals surface area (Å²) < 4.78 is 10.1. The first-order valence-electron chi connectivity index (χ1n) is 6.41. The Morgan fingerprint density at radius 1 is 0.889 bits per heavy atom. The average Bonchev–Trinajstić information content (AvgIpc) is 3.21. The van der Waals surface area contributed by atoms with Gasteiger partial charge in [-0.25, -0.2) is 0 Å². The van der Waals surface area contributed by atoms with Gasteiger partial charge in [0.2, 0.25) is 0 Å². The monoisotopic (exact) mass is 256 g/mol. The summed E-state index contributed by atoms with van der Waals surface area (Å²) >= 11 is 0. The lowest BCUT2D eigenvalue weighted by Gasteiger charge is -2.14. The van der Waals surface area contributed by atoms with Gasteiger partial charge in [-0.15, -0.1) is 0 Å². The van der Waals surface area contributed by atoms with Crippen molar-refractivity contribution < 1.29 is 19.1 Å². The van der Waals surface area contributed by atoms with Crippen molar-refractivity contribution in [2.45, 2.75) is 25.9 Å². The van der Waals surface area contributed by atoms with Crippen molar-refractivity contribution in [2.24, 2.45) is 0 Å². The Morgan fingerprint density at radius 2 is 1.22 bits per heavy atom. The standard InChI is InChI=1S/C12H20N2O4/c1-9(13-3-4-13)11(15)17-7-8-18-12(16)10(2)14-5-6-14/h9-10H,3-8H2,1-2H3. The summed E-state index contributed by atoms with van der Waals surface area (Å²) in [6, 6.07) is -0.366. The molecular formula is C12H20N2O4. The number of hydrogen-bond acceptors (Lipinski definition) is 6. The molecule has 0 N–H and O–H groups in total. The minimum absolute atomic E-state index is 0.134. The van der Waals surface area contributed by atoms with Gasteiger partial charge in [0.1, 0.15) is 25.3 Å². The van der Waals surface area contributed by atoms with E-state index in [1.165, 1.54) is 0 Å². The van der Waals surface area contributed by atoms with Crippen molar-refractivity contribution >= 4 is 11.9 Å². The van der Waals surface area contributed by atoms with E-state index in [1.54, 1.807) is 0 Å². The van der Waals surface area contributed by atoms with Gasteiger partial charge in [0.25, 0.3) is 0 Å². The predicted molar refractivity (Wildman–Crippen MR) is 64.0 cm³/mol. The number of nitrogens with zero attached hydrogens (tertiary/aromatic N) is 2. The number of esters is 2. The zero-order valence-corrected chi connectivity index (χ0v) is 10.9. The molecule has 6 nitrogen and oxygen atoms in total. The first kappa shape index (κ1) is 13.3. The fourth-order valence-electron chi connectivity index (χ4n) is 1.71. The van der Waals surface area contributed by atoms with Crippen molar-refractivity contribution in [1.29, 1.82) is 0 Å². The molecule has 2 aliphatic rings. The van der Waals surface area contributed by atoms with E-state index in [0.29, 0.717) is 0 Å². The highest BCUT2D eigenvalue weighted by atomic mass is 16.6. The van der Waals surface area contributed by atoms with Crippen LogP contribution in [-0.4, -0.2) is 73.2 Å². The van der Waals surface area contributed by atoms with Crippen LogP contribution in [0.4, 0.5) is 0 Å². The highest BCUT2D eigenvalue weighted by Crippen LogP contribution is 2.12. The Kier molecular flexibility index (Phi) is 4.19.